The van der Waals surface area contributed by atoms with Crippen LogP contribution in [0.3, 0.4) is 0 Å². The highest BCUT2D eigenvalue weighted by atomic mass is 16.2. The molecule has 0 aliphatic rings. The number of nitrogens with one attached hydrogen (secondary N) is 2. The van der Waals surface area contributed by atoms with E-state index < -0.39 is 0 Å². The summed E-state index contributed by atoms with van der Waals surface area (Å²) in [6.45, 7) is 2.86. The topological polar surface area (TPSA) is 126 Å². The minimum absolute atomic E-state index is 0.215. The molecule has 0 spiro atoms. The number of fused-ring (bicyclic) bond motifs is 5. The number of nitrogens with zero attached hydrogens (tertiary/aromatic N) is 8. The van der Waals surface area contributed by atoms with Crippen molar-refractivity contribution in [2.45, 2.75) is 13.1 Å². The quantitative estimate of drug-likeness (QED) is 0.198. The number of carbonyl (C=O) groups excluding carboxylic acids is 2. The number of imidazole rings is 2. The van der Waals surface area contributed by atoms with Crippen LogP contribution in [0.4, 0.5) is 11.9 Å². The summed E-state index contributed by atoms with van der Waals surface area (Å²) >= 11 is 0. The van der Waals surface area contributed by atoms with E-state index in [4.69, 9.17) is 19.9 Å². The molecule has 2 N–H and O–H groups in total. The molecule has 242 valence electrons. The lowest BCUT2D eigenvalue weighted by atomic mass is 10.1. The van der Waals surface area contributed by atoms with Gasteiger partial charge in [-0.2, -0.15) is 0 Å². The lowest BCUT2D eigenvalue weighted by Gasteiger charge is -2.14. The van der Waals surface area contributed by atoms with Crippen LogP contribution < -0.4 is 10.6 Å². The zero-order valence-corrected chi connectivity index (χ0v) is 27.3. The molecule has 0 bridgehead atoms. The van der Waals surface area contributed by atoms with Gasteiger partial charge in [0.2, 0.25) is 11.9 Å². The van der Waals surface area contributed by atoms with E-state index in [0.29, 0.717) is 36.0 Å². The highest BCUT2D eigenvalue weighted by Gasteiger charge is 2.19. The number of aromatic nitrogens is 6. The zero-order valence-electron chi connectivity index (χ0n) is 27.3. The Bertz CT molecular complexity index is 2160. The predicted octanol–water partition coefficient (Wildman–Crippen LogP) is 5.11. The summed E-state index contributed by atoms with van der Waals surface area (Å²) in [6.07, 6.45) is 0. The molecule has 12 nitrogen and oxygen atoms in total. The maximum Gasteiger partial charge on any atom is 0.276 e. The van der Waals surface area contributed by atoms with Crippen molar-refractivity contribution in [1.82, 2.24) is 38.9 Å². The molecule has 7 rings (SSSR count). The van der Waals surface area contributed by atoms with E-state index in [2.05, 4.69) is 20.4 Å². The number of amides is 2. The van der Waals surface area contributed by atoms with Crippen molar-refractivity contribution in [1.29, 1.82) is 0 Å². The smallest absolute Gasteiger partial charge is 0.276 e. The van der Waals surface area contributed by atoms with Gasteiger partial charge in [-0.1, -0.05) is 48.5 Å². The Labute approximate surface area is 277 Å². The number of benzene rings is 3. The maximum absolute atomic E-state index is 13.6. The van der Waals surface area contributed by atoms with Crippen molar-refractivity contribution in [2.24, 2.45) is 0 Å². The molecule has 12 heteroatoms. The fraction of sp³-hybridized carbons (Fsp3) is 0.222. The van der Waals surface area contributed by atoms with Gasteiger partial charge in [0.15, 0.2) is 0 Å². The van der Waals surface area contributed by atoms with Gasteiger partial charge in [0, 0.05) is 37.0 Å². The minimum Gasteiger partial charge on any atom is -0.309 e. The van der Waals surface area contributed by atoms with Gasteiger partial charge in [0.05, 0.1) is 33.1 Å². The van der Waals surface area contributed by atoms with Gasteiger partial charge in [0.25, 0.3) is 11.8 Å². The van der Waals surface area contributed by atoms with Gasteiger partial charge in [-0.05, 0) is 64.6 Å². The number of hydrogen-bond donors (Lipinski definition) is 2. The van der Waals surface area contributed by atoms with Gasteiger partial charge < -0.3 is 18.9 Å². The molecular formula is C36H36N10O2. The Morgan fingerprint density at radius 1 is 0.562 bits per heavy atom. The summed E-state index contributed by atoms with van der Waals surface area (Å²) in [5.41, 5.74) is 4.95. The molecule has 0 saturated heterocycles. The number of likely N-dealkylation sites (N-methyl/N-ethyl adjacent to an activating group) is 2. The minimum atomic E-state index is -0.388. The fourth-order valence-corrected chi connectivity index (χ4v) is 5.75. The number of anilines is 2. The predicted molar refractivity (Wildman–Crippen MR) is 190 cm³/mol. The first-order valence-corrected chi connectivity index (χ1v) is 15.8. The lowest BCUT2D eigenvalue weighted by Crippen LogP contribution is -2.22. The average Bonchev–Trinajstić information content (AvgIpc) is 3.62. The van der Waals surface area contributed by atoms with Crippen LogP contribution in [0.2, 0.25) is 0 Å². The van der Waals surface area contributed by atoms with E-state index in [1.54, 1.807) is 12.1 Å². The largest absolute Gasteiger partial charge is 0.309 e. The Balaban J connectivity index is 1.20. The first-order chi connectivity index (χ1) is 23.2. The number of hydrogen-bond acceptors (Lipinski definition) is 8. The summed E-state index contributed by atoms with van der Waals surface area (Å²) in [5.74, 6) is 0.134. The molecule has 4 aromatic heterocycles. The third kappa shape index (κ3) is 6.06. The Morgan fingerprint density at radius 3 is 1.38 bits per heavy atom. The summed E-state index contributed by atoms with van der Waals surface area (Å²) in [7, 11) is 8.03. The van der Waals surface area contributed by atoms with E-state index >= 15 is 0 Å². The molecule has 3 aromatic carbocycles. The van der Waals surface area contributed by atoms with Crippen LogP contribution in [0, 0.1) is 0 Å². The van der Waals surface area contributed by atoms with Crippen LogP contribution in [-0.4, -0.2) is 92.0 Å². The normalized spacial score (nSPS) is 11.8. The zero-order chi connectivity index (χ0) is 33.4. The second-order valence-electron chi connectivity index (χ2n) is 12.3. The summed E-state index contributed by atoms with van der Waals surface area (Å²) in [6, 6.07) is 26.5. The molecule has 0 aliphatic carbocycles. The molecular weight excluding hydrogens is 604 g/mol. The highest BCUT2D eigenvalue weighted by Crippen LogP contribution is 2.25. The van der Waals surface area contributed by atoms with Crippen LogP contribution in [0.1, 0.15) is 21.0 Å². The Morgan fingerprint density at radius 2 is 0.958 bits per heavy atom. The van der Waals surface area contributed by atoms with E-state index in [0.717, 1.165) is 45.9 Å². The van der Waals surface area contributed by atoms with Crippen molar-refractivity contribution < 1.29 is 9.59 Å². The van der Waals surface area contributed by atoms with Crippen molar-refractivity contribution in [3.8, 4) is 0 Å². The van der Waals surface area contributed by atoms with Gasteiger partial charge in [-0.15, -0.1) is 0 Å². The molecule has 4 heterocycles. The second-order valence-corrected chi connectivity index (χ2v) is 12.3. The Kier molecular flexibility index (Phi) is 8.26. The number of carbonyl (C=O) groups is 2. The molecule has 0 aliphatic heterocycles. The molecule has 0 unspecified atom stereocenters. The molecule has 7 aromatic rings. The first kappa shape index (κ1) is 30.9. The van der Waals surface area contributed by atoms with E-state index in [1.807, 2.05) is 110 Å². The van der Waals surface area contributed by atoms with Gasteiger partial charge in [0.1, 0.15) is 11.4 Å². The number of para-hydroxylation sites is 4. The van der Waals surface area contributed by atoms with Crippen molar-refractivity contribution >= 4 is 67.6 Å². The van der Waals surface area contributed by atoms with E-state index in [-0.39, 0.29) is 23.2 Å². The lowest BCUT2D eigenvalue weighted by molar-refractivity contribution is 0.101. The average molecular weight is 641 g/mol. The van der Waals surface area contributed by atoms with Gasteiger partial charge in [-0.3, -0.25) is 20.2 Å². The van der Waals surface area contributed by atoms with Gasteiger partial charge >= 0.3 is 0 Å². The monoisotopic (exact) mass is 640 g/mol. The molecule has 48 heavy (non-hydrogen) atoms. The van der Waals surface area contributed by atoms with E-state index in [9.17, 15) is 9.59 Å². The van der Waals surface area contributed by atoms with E-state index in [1.165, 1.54) is 0 Å². The Hall–Kier alpha value is -5.72. The van der Waals surface area contributed by atoms with Crippen LogP contribution in [0.5, 0.6) is 0 Å². The van der Waals surface area contributed by atoms with Gasteiger partial charge in [-0.25, -0.2) is 19.9 Å². The van der Waals surface area contributed by atoms with Crippen LogP contribution in [0.15, 0.2) is 84.9 Å². The van der Waals surface area contributed by atoms with Crippen LogP contribution in [0.25, 0.3) is 43.9 Å². The molecule has 0 saturated carbocycles. The van der Waals surface area contributed by atoms with Crippen molar-refractivity contribution in [2.75, 3.05) is 51.9 Å². The highest BCUT2D eigenvalue weighted by molar-refractivity contribution is 6.09. The number of rotatable bonds is 10. The third-order valence-electron chi connectivity index (χ3n) is 8.29. The fourth-order valence-electron chi connectivity index (χ4n) is 5.75. The molecule has 0 atom stereocenters. The molecule has 0 fully saturated rings. The van der Waals surface area contributed by atoms with Crippen LogP contribution in [-0.2, 0) is 13.1 Å². The molecule has 2 amide bonds. The third-order valence-corrected chi connectivity index (χ3v) is 8.29. The maximum atomic E-state index is 13.6. The number of pyridine rings is 2. The summed E-state index contributed by atoms with van der Waals surface area (Å²) in [5, 5.41) is 7.55. The van der Waals surface area contributed by atoms with Crippen LogP contribution >= 0.6 is 0 Å². The second kappa shape index (κ2) is 12.8. The first-order valence-electron chi connectivity index (χ1n) is 15.8. The SMILES string of the molecule is CN(C)CCn1c(NC(=O)c2ccc3ccc4ccc(C(=O)Nc5nc6ccccc6n5CCN(C)C)nc4c3n2)nc2ccccc21. The summed E-state index contributed by atoms with van der Waals surface area (Å²) < 4.78 is 4.01. The van der Waals surface area contributed by atoms with Crippen molar-refractivity contribution in [3.63, 3.8) is 0 Å². The summed E-state index contributed by atoms with van der Waals surface area (Å²) in [4.78, 5) is 50.3. The molecule has 0 radical (unpaired) electrons. The van der Waals surface area contributed by atoms with Crippen molar-refractivity contribution in [3.05, 3.63) is 96.3 Å². The standard InChI is InChI=1S/C36H36N10O2/c1-43(2)19-21-45-29-11-7-5-9-25(29)39-35(45)41-33(47)27-17-15-23-13-14-24-16-18-28(38-32(24)31(23)37-27)34(48)42-36-40-26-10-6-8-12-30(26)46(36)22-20-44(3)4/h5-18H,19-22H2,1-4H3,(H,39,41,47)(H,40,42,48).